The molecule has 0 aliphatic heterocycles. The van der Waals surface area contributed by atoms with E-state index < -0.39 is 0 Å². The summed E-state index contributed by atoms with van der Waals surface area (Å²) in [5, 5.41) is 6.85. The van der Waals surface area contributed by atoms with E-state index in [1.54, 1.807) is 17.5 Å². The second-order valence-electron chi connectivity index (χ2n) is 8.14. The highest BCUT2D eigenvalue weighted by Gasteiger charge is 2.22. The molecule has 0 atom stereocenters. The van der Waals surface area contributed by atoms with Gasteiger partial charge in [-0.1, -0.05) is 6.92 Å². The number of aromatic nitrogens is 4. The van der Waals surface area contributed by atoms with E-state index in [0.29, 0.717) is 25.1 Å². The number of anilines is 1. The number of ether oxygens (including phenoxy) is 1. The molecule has 0 fully saturated rings. The normalized spacial score (nSPS) is 11.5. The summed E-state index contributed by atoms with van der Waals surface area (Å²) < 4.78 is 8.23. The van der Waals surface area contributed by atoms with Gasteiger partial charge in [0.15, 0.2) is 0 Å². The first kappa shape index (κ1) is 22.3. The molecule has 0 aliphatic carbocycles. The van der Waals surface area contributed by atoms with Crippen LogP contribution >= 0.6 is 11.3 Å². The fourth-order valence-electron chi connectivity index (χ4n) is 4.29. The smallest absolute Gasteiger partial charge is 0.222 e. The number of hydrogen-bond acceptors (Lipinski definition) is 6. The summed E-state index contributed by atoms with van der Waals surface area (Å²) >= 11 is 1.68. The van der Waals surface area contributed by atoms with Crippen molar-refractivity contribution in [2.45, 2.75) is 60.5 Å². The molecule has 0 saturated heterocycles. The SMILES string of the molecule is CCOc1ncccc1-c1cc(NCc2csc(C)n2)c2c(n1)c(C)c(CC)n2C(C)C. The van der Waals surface area contributed by atoms with Crippen molar-refractivity contribution in [2.24, 2.45) is 0 Å². The molecule has 7 heteroatoms. The Morgan fingerprint density at radius 1 is 1.19 bits per heavy atom. The summed E-state index contributed by atoms with van der Waals surface area (Å²) in [6.07, 6.45) is 2.71. The lowest BCUT2D eigenvalue weighted by Crippen LogP contribution is -2.08. The number of fused-ring (bicyclic) bond motifs is 1. The van der Waals surface area contributed by atoms with E-state index in [-0.39, 0.29) is 0 Å². The zero-order valence-corrected chi connectivity index (χ0v) is 20.5. The van der Waals surface area contributed by atoms with Gasteiger partial charge in [0.1, 0.15) is 0 Å². The molecule has 168 valence electrons. The molecule has 4 rings (SSSR count). The standard InChI is InChI=1S/C25H31N5OS/c1-7-22-16(5)23-24(30(22)15(3)4)21(27-13-18-14-32-17(6)28-18)12-20(29-23)19-10-9-11-26-25(19)31-8-2/h9-12,14-15H,7-8,13H2,1-6H3,(H,27,29). The van der Waals surface area contributed by atoms with Gasteiger partial charge in [-0.25, -0.2) is 15.0 Å². The number of rotatable bonds is 8. The number of pyridine rings is 2. The molecular weight excluding hydrogens is 418 g/mol. The lowest BCUT2D eigenvalue weighted by atomic mass is 10.1. The number of nitrogens with one attached hydrogen (secondary N) is 1. The average molecular weight is 450 g/mol. The molecule has 4 aromatic rings. The van der Waals surface area contributed by atoms with Crippen molar-refractivity contribution in [3.05, 3.63) is 51.7 Å². The first-order chi connectivity index (χ1) is 15.4. The van der Waals surface area contributed by atoms with Crippen molar-refractivity contribution in [1.82, 2.24) is 19.5 Å². The highest BCUT2D eigenvalue weighted by Crippen LogP contribution is 2.37. The van der Waals surface area contributed by atoms with Crippen LogP contribution in [0.25, 0.3) is 22.3 Å². The van der Waals surface area contributed by atoms with E-state index in [1.807, 2.05) is 26.0 Å². The minimum Gasteiger partial charge on any atom is -0.477 e. The third-order valence-corrected chi connectivity index (χ3v) is 6.44. The van der Waals surface area contributed by atoms with E-state index >= 15 is 0 Å². The van der Waals surface area contributed by atoms with Crippen LogP contribution < -0.4 is 10.1 Å². The van der Waals surface area contributed by atoms with Gasteiger partial charge in [0, 0.05) is 23.3 Å². The summed E-state index contributed by atoms with van der Waals surface area (Å²) in [7, 11) is 0. The largest absolute Gasteiger partial charge is 0.477 e. The van der Waals surface area contributed by atoms with Gasteiger partial charge >= 0.3 is 0 Å². The minimum atomic E-state index is 0.327. The average Bonchev–Trinajstić information content (AvgIpc) is 3.33. The van der Waals surface area contributed by atoms with Gasteiger partial charge in [-0.05, 0) is 64.8 Å². The van der Waals surface area contributed by atoms with Crippen LogP contribution in [0, 0.1) is 13.8 Å². The molecule has 32 heavy (non-hydrogen) atoms. The molecule has 0 aromatic carbocycles. The zero-order valence-electron chi connectivity index (χ0n) is 19.7. The molecule has 0 radical (unpaired) electrons. The van der Waals surface area contributed by atoms with Crippen LogP contribution in [0.15, 0.2) is 29.8 Å². The van der Waals surface area contributed by atoms with E-state index in [1.165, 1.54) is 11.3 Å². The Kier molecular flexibility index (Phi) is 6.46. The predicted molar refractivity (Wildman–Crippen MR) is 133 cm³/mol. The van der Waals surface area contributed by atoms with E-state index in [0.717, 1.165) is 45.1 Å². The Morgan fingerprint density at radius 3 is 2.66 bits per heavy atom. The molecule has 4 heterocycles. The van der Waals surface area contributed by atoms with Crippen molar-refractivity contribution < 1.29 is 4.74 Å². The number of aryl methyl sites for hydroxylation is 2. The van der Waals surface area contributed by atoms with E-state index in [4.69, 9.17) is 9.72 Å². The predicted octanol–water partition coefficient (Wildman–Crippen LogP) is 6.33. The van der Waals surface area contributed by atoms with E-state index in [9.17, 15) is 0 Å². The molecule has 0 saturated carbocycles. The number of thiazole rings is 1. The van der Waals surface area contributed by atoms with Gasteiger partial charge < -0.3 is 14.6 Å². The molecule has 0 amide bonds. The Balaban J connectivity index is 1.93. The third kappa shape index (κ3) is 4.09. The molecule has 0 bridgehead atoms. The topological polar surface area (TPSA) is 64.9 Å². The molecule has 0 unspecified atom stereocenters. The molecular formula is C25H31N5OS. The van der Waals surface area contributed by atoms with Crippen LogP contribution in [0.2, 0.25) is 0 Å². The number of nitrogens with zero attached hydrogens (tertiary/aromatic N) is 4. The fraction of sp³-hybridized carbons (Fsp3) is 0.400. The highest BCUT2D eigenvalue weighted by molar-refractivity contribution is 7.09. The van der Waals surface area contributed by atoms with Crippen LogP contribution in [0.5, 0.6) is 5.88 Å². The monoisotopic (exact) mass is 449 g/mol. The molecule has 1 N–H and O–H groups in total. The second-order valence-corrected chi connectivity index (χ2v) is 9.20. The Labute approximate surface area is 193 Å². The third-order valence-electron chi connectivity index (χ3n) is 5.62. The summed E-state index contributed by atoms with van der Waals surface area (Å²) in [4.78, 5) is 14.2. The lowest BCUT2D eigenvalue weighted by molar-refractivity contribution is 0.328. The Hall–Kier alpha value is -2.93. The van der Waals surface area contributed by atoms with Crippen LogP contribution in [0.4, 0.5) is 5.69 Å². The first-order valence-corrected chi connectivity index (χ1v) is 12.1. The summed E-state index contributed by atoms with van der Waals surface area (Å²) in [5.41, 5.74) is 8.58. The Morgan fingerprint density at radius 2 is 2.00 bits per heavy atom. The second kappa shape index (κ2) is 9.28. The van der Waals surface area contributed by atoms with Crippen molar-refractivity contribution in [3.8, 4) is 17.1 Å². The van der Waals surface area contributed by atoms with Gasteiger partial charge in [-0.2, -0.15) is 0 Å². The summed E-state index contributed by atoms with van der Waals surface area (Å²) in [6, 6.07) is 6.40. The van der Waals surface area contributed by atoms with Crippen molar-refractivity contribution in [1.29, 1.82) is 0 Å². The van der Waals surface area contributed by atoms with Crippen molar-refractivity contribution in [2.75, 3.05) is 11.9 Å². The van der Waals surface area contributed by atoms with Crippen LogP contribution in [-0.2, 0) is 13.0 Å². The summed E-state index contributed by atoms with van der Waals surface area (Å²) in [5.74, 6) is 0.611. The molecule has 0 aliphatic rings. The molecule has 4 aromatic heterocycles. The maximum absolute atomic E-state index is 5.81. The van der Waals surface area contributed by atoms with Gasteiger partial charge in [0.2, 0.25) is 5.88 Å². The van der Waals surface area contributed by atoms with Gasteiger partial charge in [0.05, 0.1) is 51.8 Å². The highest BCUT2D eigenvalue weighted by atomic mass is 32.1. The van der Waals surface area contributed by atoms with Crippen LogP contribution in [-0.4, -0.2) is 26.1 Å². The minimum absolute atomic E-state index is 0.327. The maximum atomic E-state index is 5.81. The van der Waals surface area contributed by atoms with Crippen molar-refractivity contribution >= 4 is 28.1 Å². The van der Waals surface area contributed by atoms with Crippen molar-refractivity contribution in [3.63, 3.8) is 0 Å². The van der Waals surface area contributed by atoms with Crippen LogP contribution in [0.1, 0.15) is 55.7 Å². The van der Waals surface area contributed by atoms with E-state index in [2.05, 4.69) is 59.0 Å². The fourth-order valence-corrected chi connectivity index (χ4v) is 4.90. The molecule has 6 nitrogen and oxygen atoms in total. The maximum Gasteiger partial charge on any atom is 0.222 e. The summed E-state index contributed by atoms with van der Waals surface area (Å²) in [6.45, 7) is 14.1. The quantitative estimate of drug-likeness (QED) is 0.341. The Bertz CT molecular complexity index is 1240. The van der Waals surface area contributed by atoms with Crippen LogP contribution in [0.3, 0.4) is 0 Å². The van der Waals surface area contributed by atoms with Gasteiger partial charge in [-0.15, -0.1) is 11.3 Å². The lowest BCUT2D eigenvalue weighted by Gasteiger charge is -2.18. The first-order valence-electron chi connectivity index (χ1n) is 11.2. The van der Waals surface area contributed by atoms with Gasteiger partial charge in [-0.3, -0.25) is 0 Å². The zero-order chi connectivity index (χ0) is 22.8. The number of hydrogen-bond donors (Lipinski definition) is 1. The van der Waals surface area contributed by atoms with Gasteiger partial charge in [0.25, 0.3) is 0 Å². The molecule has 0 spiro atoms.